The number of hydrogen-bond acceptors (Lipinski definition) is 3. The highest BCUT2D eigenvalue weighted by Gasteiger charge is 2.18. The van der Waals surface area contributed by atoms with Gasteiger partial charge in [-0.05, 0) is 123 Å². The summed E-state index contributed by atoms with van der Waals surface area (Å²) in [5.74, 6) is 0.771. The van der Waals surface area contributed by atoms with Crippen LogP contribution >= 0.6 is 0 Å². The van der Waals surface area contributed by atoms with Gasteiger partial charge in [0.1, 0.15) is 0 Å². The number of hydrogen-bond donors (Lipinski definition) is 1. The summed E-state index contributed by atoms with van der Waals surface area (Å²) in [4.78, 5) is 10.4. The van der Waals surface area contributed by atoms with Crippen LogP contribution < -0.4 is 15.8 Å². The molecule has 0 fully saturated rings. The topological polar surface area (TPSA) is 37.3 Å². The molecule has 6 aromatic carbocycles. The van der Waals surface area contributed by atoms with Gasteiger partial charge in [0.05, 0.1) is 11.4 Å². The smallest absolute Gasteiger partial charge is 0.155 e. The van der Waals surface area contributed by atoms with E-state index in [0.29, 0.717) is 0 Å². The Morgan fingerprint density at radius 1 is 0.717 bits per heavy atom. The Balaban J connectivity index is 1.15. The first-order valence-electron chi connectivity index (χ1n) is 21.0. The molecule has 7 aromatic rings. The molecule has 3 heteroatoms. The maximum atomic E-state index is 5.30. The summed E-state index contributed by atoms with van der Waals surface area (Å²) < 4.78 is 0. The molecule has 0 bridgehead atoms. The van der Waals surface area contributed by atoms with Crippen LogP contribution in [-0.4, -0.2) is 10.7 Å². The average Bonchev–Trinajstić information content (AvgIpc) is 3.30. The van der Waals surface area contributed by atoms with Gasteiger partial charge in [0.25, 0.3) is 0 Å². The first-order valence-corrected chi connectivity index (χ1v) is 21.0. The summed E-state index contributed by atoms with van der Waals surface area (Å²) in [7, 11) is 0. The highest BCUT2D eigenvalue weighted by atomic mass is 14.9. The molecule has 0 aliphatic heterocycles. The van der Waals surface area contributed by atoms with E-state index in [2.05, 4.69) is 215 Å². The lowest BCUT2D eigenvalue weighted by Crippen LogP contribution is -2.33. The molecule has 0 amide bonds. The quantitative estimate of drug-likeness (QED) is 0.125. The molecule has 294 valence electrons. The van der Waals surface area contributed by atoms with Crippen LogP contribution in [0, 0.1) is 6.92 Å². The van der Waals surface area contributed by atoms with E-state index in [0.717, 1.165) is 69.2 Å². The fourth-order valence-electron chi connectivity index (χ4n) is 8.04. The predicted octanol–water partition coefficient (Wildman–Crippen LogP) is 12.9. The van der Waals surface area contributed by atoms with E-state index in [9.17, 15) is 0 Å². The Hall–Kier alpha value is -7.10. The SMILES string of the molecule is C=C(/C=C(\NC(C)c1cccc(-c2ccccc2)c1)c1cccc(-c2ccccc2)c1)c1ccc(C2=c3ccccc3=CCC2=Nc2nc(/C=C\C)c(CC)cc2C)cc1. The highest BCUT2D eigenvalue weighted by Crippen LogP contribution is 2.31. The number of aliphatic imine (C=N–C) groups is 1. The molecule has 0 saturated heterocycles. The first-order chi connectivity index (χ1) is 29.4. The van der Waals surface area contributed by atoms with E-state index in [1.165, 1.54) is 43.8 Å². The van der Waals surface area contributed by atoms with E-state index in [4.69, 9.17) is 9.98 Å². The third-order valence-corrected chi connectivity index (χ3v) is 11.3. The average molecular weight is 778 g/mol. The van der Waals surface area contributed by atoms with Crippen molar-refractivity contribution < 1.29 is 0 Å². The van der Waals surface area contributed by atoms with Gasteiger partial charge in [-0.25, -0.2) is 9.98 Å². The van der Waals surface area contributed by atoms with Crippen LogP contribution in [0.2, 0.25) is 0 Å². The molecular weight excluding hydrogens is 727 g/mol. The van der Waals surface area contributed by atoms with Gasteiger partial charge in [0.15, 0.2) is 5.82 Å². The third-order valence-electron chi connectivity index (χ3n) is 11.3. The number of fused-ring (bicyclic) bond motifs is 1. The zero-order valence-corrected chi connectivity index (χ0v) is 35.0. The van der Waals surface area contributed by atoms with E-state index < -0.39 is 0 Å². The van der Waals surface area contributed by atoms with Crippen LogP contribution in [-0.2, 0) is 6.42 Å². The lowest BCUT2D eigenvalue weighted by molar-refractivity contribution is 0.701. The van der Waals surface area contributed by atoms with Gasteiger partial charge in [-0.2, -0.15) is 0 Å². The van der Waals surface area contributed by atoms with Gasteiger partial charge in [-0.3, -0.25) is 0 Å². The molecule has 1 N–H and O–H groups in total. The maximum absolute atomic E-state index is 5.30. The molecule has 1 aliphatic carbocycles. The number of allylic oxidation sites excluding steroid dienone is 3. The Bertz CT molecular complexity index is 2880. The number of nitrogens with zero attached hydrogens (tertiary/aromatic N) is 2. The summed E-state index contributed by atoms with van der Waals surface area (Å²) in [5, 5.41) is 6.30. The van der Waals surface area contributed by atoms with Crippen molar-refractivity contribution in [3.63, 3.8) is 0 Å². The van der Waals surface area contributed by atoms with Crippen molar-refractivity contribution in [1.29, 1.82) is 0 Å². The maximum Gasteiger partial charge on any atom is 0.155 e. The van der Waals surface area contributed by atoms with E-state index in [1.807, 2.05) is 13.0 Å². The van der Waals surface area contributed by atoms with Crippen LogP contribution in [0.3, 0.4) is 0 Å². The van der Waals surface area contributed by atoms with Crippen molar-refractivity contribution in [2.75, 3.05) is 0 Å². The van der Waals surface area contributed by atoms with E-state index in [1.54, 1.807) is 0 Å². The molecule has 0 saturated carbocycles. The molecule has 1 atom stereocenters. The molecule has 0 spiro atoms. The summed E-state index contributed by atoms with van der Waals surface area (Å²) >= 11 is 0. The van der Waals surface area contributed by atoms with Gasteiger partial charge in [0.2, 0.25) is 0 Å². The summed E-state index contributed by atoms with van der Waals surface area (Å²) in [5.41, 5.74) is 16.6. The normalized spacial score (nSPS) is 13.8. The second-order valence-corrected chi connectivity index (χ2v) is 15.4. The van der Waals surface area contributed by atoms with Gasteiger partial charge in [-0.15, -0.1) is 0 Å². The first kappa shape index (κ1) is 39.7. The van der Waals surface area contributed by atoms with Gasteiger partial charge in [0, 0.05) is 23.7 Å². The standard InChI is InChI=1S/C57H51N3/c1-6-18-53-42(7-2)35-40(4)57(59-53)60-54-34-33-46-23-14-15-28-52(46)56(54)47-31-29-43(30-32-47)39(3)36-55(51-27-17-26-50(38-51)45-21-12-9-13-22-45)58-41(5)48-24-16-25-49(37-48)44-19-10-8-11-20-44/h6,8-33,35-38,41,58H,3,7,34H2,1-2,4-5H3/b18-6-,55-36-,60-54?. The number of rotatable bonds is 12. The Morgan fingerprint density at radius 3 is 2.07 bits per heavy atom. The van der Waals surface area contributed by atoms with Crippen molar-refractivity contribution in [2.45, 2.75) is 46.6 Å². The van der Waals surface area contributed by atoms with Crippen LogP contribution in [0.1, 0.15) is 72.3 Å². The number of aromatic nitrogens is 1. The number of benzene rings is 6. The lowest BCUT2D eigenvalue weighted by Gasteiger charge is -2.21. The summed E-state index contributed by atoms with van der Waals surface area (Å²) in [6, 6.07) is 58.4. The fourth-order valence-corrected chi connectivity index (χ4v) is 8.04. The Labute approximate surface area is 355 Å². The van der Waals surface area contributed by atoms with Crippen LogP contribution in [0.4, 0.5) is 5.82 Å². The van der Waals surface area contributed by atoms with Crippen molar-refractivity contribution in [3.05, 3.63) is 232 Å². The molecule has 8 rings (SSSR count). The minimum Gasteiger partial charge on any atom is -0.378 e. The van der Waals surface area contributed by atoms with Gasteiger partial charge >= 0.3 is 0 Å². The Morgan fingerprint density at radius 2 is 1.37 bits per heavy atom. The van der Waals surface area contributed by atoms with Crippen LogP contribution in [0.5, 0.6) is 0 Å². The van der Waals surface area contributed by atoms with Crippen molar-refractivity contribution in [2.24, 2.45) is 4.99 Å². The molecule has 3 nitrogen and oxygen atoms in total. The minimum absolute atomic E-state index is 0.0260. The van der Waals surface area contributed by atoms with Gasteiger partial charge in [-0.1, -0.05) is 177 Å². The molecular formula is C57H51N3. The predicted molar refractivity (Wildman–Crippen MR) is 256 cm³/mol. The zero-order valence-electron chi connectivity index (χ0n) is 35.0. The van der Waals surface area contributed by atoms with Crippen molar-refractivity contribution >= 4 is 40.5 Å². The van der Waals surface area contributed by atoms with Gasteiger partial charge < -0.3 is 5.32 Å². The lowest BCUT2D eigenvalue weighted by atomic mass is 9.90. The number of pyridine rings is 1. The van der Waals surface area contributed by atoms with Crippen molar-refractivity contribution in [1.82, 2.24) is 10.3 Å². The molecule has 1 heterocycles. The monoisotopic (exact) mass is 777 g/mol. The van der Waals surface area contributed by atoms with E-state index in [-0.39, 0.29) is 6.04 Å². The zero-order chi connectivity index (χ0) is 41.4. The van der Waals surface area contributed by atoms with Crippen molar-refractivity contribution in [3.8, 4) is 22.3 Å². The highest BCUT2D eigenvalue weighted by molar-refractivity contribution is 6.26. The summed E-state index contributed by atoms with van der Waals surface area (Å²) in [6.07, 6.45) is 10.3. The fraction of sp³-hybridized carbons (Fsp3) is 0.123. The van der Waals surface area contributed by atoms with Crippen LogP contribution in [0.15, 0.2) is 188 Å². The summed E-state index contributed by atoms with van der Waals surface area (Å²) in [6.45, 7) is 13.2. The second kappa shape index (κ2) is 18.2. The molecule has 1 unspecified atom stereocenters. The molecule has 0 radical (unpaired) electrons. The molecule has 60 heavy (non-hydrogen) atoms. The molecule has 1 aromatic heterocycles. The Kier molecular flexibility index (Phi) is 12.1. The van der Waals surface area contributed by atoms with Crippen LogP contribution in [0.25, 0.3) is 51.2 Å². The number of nitrogens with one attached hydrogen (secondary N) is 1. The molecule has 1 aliphatic rings. The second-order valence-electron chi connectivity index (χ2n) is 15.4. The number of aryl methyl sites for hydroxylation is 2. The largest absolute Gasteiger partial charge is 0.378 e. The van der Waals surface area contributed by atoms with E-state index >= 15 is 0 Å². The minimum atomic E-state index is 0.0260. The third kappa shape index (κ3) is 8.82.